The molecule has 0 saturated heterocycles. The molecule has 0 fully saturated rings. The van der Waals surface area contributed by atoms with Crippen molar-refractivity contribution in [2.24, 2.45) is 0 Å². The molecule has 0 amide bonds. The van der Waals surface area contributed by atoms with Crippen molar-refractivity contribution >= 4 is 12.9 Å². The van der Waals surface area contributed by atoms with Crippen molar-refractivity contribution in [1.29, 1.82) is 0 Å². The summed E-state index contributed by atoms with van der Waals surface area (Å²) in [6.45, 7) is 0. The second-order valence-electron chi connectivity index (χ2n) is 2.59. The normalized spacial score (nSPS) is 12.6. The zero-order valence-corrected chi connectivity index (χ0v) is 7.37. The first-order valence-electron chi connectivity index (χ1n) is 3.78. The second kappa shape index (κ2) is 4.50. The van der Waals surface area contributed by atoms with Gasteiger partial charge in [-0.2, -0.15) is 0 Å². The number of hydrogen-bond donors (Lipinski definition) is 2. The van der Waals surface area contributed by atoms with Gasteiger partial charge in [-0.25, -0.2) is 8.78 Å². The van der Waals surface area contributed by atoms with Crippen LogP contribution in [0.5, 0.6) is 0 Å². The fourth-order valence-electron chi connectivity index (χ4n) is 0.997. The van der Waals surface area contributed by atoms with Crippen molar-refractivity contribution in [3.8, 4) is 0 Å². The molecule has 1 aromatic rings. The van der Waals surface area contributed by atoms with E-state index in [9.17, 15) is 8.78 Å². The number of benzene rings is 1. The zero-order chi connectivity index (χ0) is 10.7. The van der Waals surface area contributed by atoms with Crippen molar-refractivity contribution in [2.75, 3.05) is 7.11 Å². The van der Waals surface area contributed by atoms with Crippen LogP contribution in [0.4, 0.5) is 8.78 Å². The monoisotopic (exact) mass is 201 g/mol. The first-order valence-corrected chi connectivity index (χ1v) is 3.78. The van der Waals surface area contributed by atoms with Gasteiger partial charge in [0.1, 0.15) is 0 Å². The molecule has 1 atom stereocenters. The van der Waals surface area contributed by atoms with Gasteiger partial charge >= 0.3 is 7.48 Å². The average Bonchev–Trinajstić information content (AvgIpc) is 2.21. The maximum Gasteiger partial charge on any atom is 0.329 e. The van der Waals surface area contributed by atoms with Crippen LogP contribution in [-0.4, -0.2) is 24.7 Å². The number of rotatable bonds is 3. The number of aliphatic hydroxyl groups excluding tert-OH is 1. The predicted octanol–water partition coefficient (Wildman–Crippen LogP) is -0.161. The van der Waals surface area contributed by atoms with E-state index in [0.29, 0.717) is 7.48 Å². The van der Waals surface area contributed by atoms with Crippen molar-refractivity contribution in [2.45, 2.75) is 6.29 Å². The van der Waals surface area contributed by atoms with Crippen LogP contribution in [0.25, 0.3) is 0 Å². The molecule has 0 saturated carbocycles. The number of methoxy groups -OCH3 is 1. The van der Waals surface area contributed by atoms with Gasteiger partial charge < -0.3 is 14.9 Å². The SMILES string of the molecule is COC(O)c1ccc([B]O)c(F)c1F. The van der Waals surface area contributed by atoms with Crippen LogP contribution in [0.1, 0.15) is 11.9 Å². The van der Waals surface area contributed by atoms with Crippen molar-refractivity contribution in [1.82, 2.24) is 0 Å². The van der Waals surface area contributed by atoms with Crippen molar-refractivity contribution in [3.63, 3.8) is 0 Å². The molecule has 75 valence electrons. The quantitative estimate of drug-likeness (QED) is 0.527. The van der Waals surface area contributed by atoms with Gasteiger partial charge in [0.15, 0.2) is 17.9 Å². The molecule has 14 heavy (non-hydrogen) atoms. The molecule has 0 aliphatic rings. The van der Waals surface area contributed by atoms with Gasteiger partial charge in [-0.3, -0.25) is 0 Å². The smallest absolute Gasteiger partial charge is 0.329 e. The summed E-state index contributed by atoms with van der Waals surface area (Å²) in [5.74, 6) is -2.46. The van der Waals surface area contributed by atoms with Crippen molar-refractivity contribution < 1.29 is 23.6 Å². The summed E-state index contributed by atoms with van der Waals surface area (Å²) in [4.78, 5) is 0. The average molecular weight is 201 g/mol. The molecule has 0 heterocycles. The highest BCUT2D eigenvalue weighted by molar-refractivity contribution is 6.45. The molecule has 0 bridgehead atoms. The van der Waals surface area contributed by atoms with Gasteiger partial charge in [0.05, 0.1) is 0 Å². The predicted molar refractivity (Wildman–Crippen MR) is 45.9 cm³/mol. The van der Waals surface area contributed by atoms with E-state index in [1.807, 2.05) is 0 Å². The molecule has 6 heteroatoms. The van der Waals surface area contributed by atoms with E-state index in [-0.39, 0.29) is 11.0 Å². The standard InChI is InChI=1S/C8H8BF2O3/c1-14-8(12)4-2-3-5(9-13)7(11)6(4)10/h2-3,8,12-13H,1H3. The zero-order valence-electron chi connectivity index (χ0n) is 7.37. The molecule has 1 unspecified atom stereocenters. The van der Waals surface area contributed by atoms with E-state index in [1.165, 1.54) is 0 Å². The third kappa shape index (κ3) is 1.92. The molecule has 1 rings (SSSR count). The van der Waals surface area contributed by atoms with E-state index in [4.69, 9.17) is 10.1 Å². The minimum atomic E-state index is -1.52. The first kappa shape index (κ1) is 11.1. The summed E-state index contributed by atoms with van der Waals surface area (Å²) in [5, 5.41) is 17.6. The molecule has 0 aliphatic carbocycles. The highest BCUT2D eigenvalue weighted by Gasteiger charge is 2.18. The minimum absolute atomic E-state index is 0.283. The summed E-state index contributed by atoms with van der Waals surface area (Å²) in [7, 11) is 1.61. The van der Waals surface area contributed by atoms with Gasteiger partial charge in [-0.05, 0) is 5.46 Å². The van der Waals surface area contributed by atoms with E-state index in [1.54, 1.807) is 0 Å². The maximum absolute atomic E-state index is 13.1. The molecular weight excluding hydrogens is 193 g/mol. The molecular formula is C8H8BF2O3. The molecule has 0 spiro atoms. The molecule has 1 radical (unpaired) electrons. The molecule has 1 aromatic carbocycles. The van der Waals surface area contributed by atoms with Crippen LogP contribution < -0.4 is 5.46 Å². The largest absolute Gasteiger partial charge is 0.450 e. The summed E-state index contributed by atoms with van der Waals surface area (Å²) >= 11 is 0. The Bertz CT molecular complexity index is 333. The highest BCUT2D eigenvalue weighted by atomic mass is 19.2. The number of aliphatic hydroxyl groups is 1. The Labute approximate surface area is 80.2 Å². The number of halogens is 2. The summed E-state index contributed by atoms with van der Waals surface area (Å²) < 4.78 is 30.6. The van der Waals surface area contributed by atoms with Gasteiger partial charge in [0.25, 0.3) is 0 Å². The Morgan fingerprint density at radius 3 is 2.50 bits per heavy atom. The van der Waals surface area contributed by atoms with E-state index < -0.39 is 17.9 Å². The van der Waals surface area contributed by atoms with Crippen LogP contribution in [0.2, 0.25) is 0 Å². The number of ether oxygens (including phenoxy) is 1. The van der Waals surface area contributed by atoms with Crippen LogP contribution >= 0.6 is 0 Å². The third-order valence-corrected chi connectivity index (χ3v) is 1.77. The van der Waals surface area contributed by atoms with E-state index in [0.717, 1.165) is 19.2 Å². The van der Waals surface area contributed by atoms with Crippen LogP contribution in [0.15, 0.2) is 12.1 Å². The van der Waals surface area contributed by atoms with Gasteiger partial charge in [0, 0.05) is 12.7 Å². The van der Waals surface area contributed by atoms with Gasteiger partial charge in [0.2, 0.25) is 0 Å². The van der Waals surface area contributed by atoms with Crippen LogP contribution in [-0.2, 0) is 4.74 Å². The summed E-state index contributed by atoms with van der Waals surface area (Å²) in [5.41, 5.74) is -0.592. The lowest BCUT2D eigenvalue weighted by Gasteiger charge is -2.11. The second-order valence-corrected chi connectivity index (χ2v) is 2.59. The third-order valence-electron chi connectivity index (χ3n) is 1.77. The molecule has 3 nitrogen and oxygen atoms in total. The van der Waals surface area contributed by atoms with Crippen molar-refractivity contribution in [3.05, 3.63) is 29.3 Å². The van der Waals surface area contributed by atoms with E-state index in [2.05, 4.69) is 4.74 Å². The fraction of sp³-hybridized carbons (Fsp3) is 0.250. The topological polar surface area (TPSA) is 49.7 Å². The highest BCUT2D eigenvalue weighted by Crippen LogP contribution is 2.18. The fourth-order valence-corrected chi connectivity index (χ4v) is 0.997. The lowest BCUT2D eigenvalue weighted by molar-refractivity contribution is -0.0793. The summed E-state index contributed by atoms with van der Waals surface area (Å²) in [6.07, 6.45) is -1.52. The van der Waals surface area contributed by atoms with Crippen LogP contribution in [0, 0.1) is 11.6 Å². The first-order chi connectivity index (χ1) is 6.61. The Balaban J connectivity index is 3.17. The Kier molecular flexibility index (Phi) is 3.57. The lowest BCUT2D eigenvalue weighted by atomic mass is 9.87. The molecule has 0 aromatic heterocycles. The minimum Gasteiger partial charge on any atom is -0.450 e. The Morgan fingerprint density at radius 1 is 1.36 bits per heavy atom. The maximum atomic E-state index is 13.1. The Morgan fingerprint density at radius 2 is 2.00 bits per heavy atom. The lowest BCUT2D eigenvalue weighted by Crippen LogP contribution is -2.21. The van der Waals surface area contributed by atoms with Gasteiger partial charge in [-0.15, -0.1) is 0 Å². The van der Waals surface area contributed by atoms with Crippen LogP contribution in [0.3, 0.4) is 0 Å². The number of hydrogen-bond acceptors (Lipinski definition) is 3. The van der Waals surface area contributed by atoms with E-state index >= 15 is 0 Å². The molecule has 2 N–H and O–H groups in total. The Hall–Kier alpha value is -0.975. The summed E-state index contributed by atoms with van der Waals surface area (Å²) in [6, 6.07) is 2.27. The van der Waals surface area contributed by atoms with Gasteiger partial charge in [-0.1, -0.05) is 12.1 Å². The molecule has 0 aliphatic heterocycles.